The maximum Gasteiger partial charge on any atom is 0.347 e. The minimum atomic E-state index is -1.90. The SMILES string of the molecule is COC(=O)C(O)(c1ccc(OC)cc1)c1ccc(OC)cc1. The van der Waals surface area contributed by atoms with E-state index in [0.29, 0.717) is 22.6 Å². The highest BCUT2D eigenvalue weighted by molar-refractivity contribution is 5.85. The Bertz CT molecular complexity index is 584. The molecule has 0 saturated carbocycles. The van der Waals surface area contributed by atoms with E-state index in [0.717, 1.165) is 0 Å². The largest absolute Gasteiger partial charge is 0.497 e. The van der Waals surface area contributed by atoms with Gasteiger partial charge in [-0.25, -0.2) is 4.79 Å². The fraction of sp³-hybridized carbons (Fsp3) is 0.235. The molecule has 0 aliphatic carbocycles. The zero-order valence-electron chi connectivity index (χ0n) is 12.7. The van der Waals surface area contributed by atoms with Crippen LogP contribution in [0.2, 0.25) is 0 Å². The Hall–Kier alpha value is -2.53. The number of esters is 1. The van der Waals surface area contributed by atoms with Gasteiger partial charge in [-0.1, -0.05) is 24.3 Å². The number of carbonyl (C=O) groups excluding carboxylic acids is 1. The molecule has 0 amide bonds. The lowest BCUT2D eigenvalue weighted by Gasteiger charge is -2.26. The van der Waals surface area contributed by atoms with E-state index >= 15 is 0 Å². The quantitative estimate of drug-likeness (QED) is 0.857. The van der Waals surface area contributed by atoms with E-state index in [4.69, 9.17) is 14.2 Å². The van der Waals surface area contributed by atoms with E-state index in [9.17, 15) is 9.90 Å². The lowest BCUT2D eigenvalue weighted by Crippen LogP contribution is -2.38. The molecule has 0 aromatic heterocycles. The first kappa shape index (κ1) is 15.9. The molecule has 0 spiro atoms. The van der Waals surface area contributed by atoms with Crippen molar-refractivity contribution in [2.75, 3.05) is 21.3 Å². The van der Waals surface area contributed by atoms with Crippen LogP contribution in [0.3, 0.4) is 0 Å². The molecule has 2 aromatic carbocycles. The third-order valence-corrected chi connectivity index (χ3v) is 3.50. The molecule has 2 rings (SSSR count). The molecule has 0 bridgehead atoms. The third kappa shape index (κ3) is 2.76. The zero-order chi connectivity index (χ0) is 16.2. The van der Waals surface area contributed by atoms with E-state index in [1.54, 1.807) is 62.8 Å². The Labute approximate surface area is 129 Å². The predicted molar refractivity (Wildman–Crippen MR) is 81.0 cm³/mol. The van der Waals surface area contributed by atoms with Crippen molar-refractivity contribution in [3.05, 3.63) is 59.7 Å². The summed E-state index contributed by atoms with van der Waals surface area (Å²) in [6.45, 7) is 0. The molecule has 1 N–H and O–H groups in total. The molecule has 2 aromatic rings. The molecular formula is C17H18O5. The number of hydrogen-bond acceptors (Lipinski definition) is 5. The predicted octanol–water partition coefficient (Wildman–Crippen LogP) is 2.11. The average molecular weight is 302 g/mol. The van der Waals surface area contributed by atoms with Gasteiger partial charge < -0.3 is 19.3 Å². The van der Waals surface area contributed by atoms with Crippen LogP contribution in [-0.4, -0.2) is 32.4 Å². The van der Waals surface area contributed by atoms with E-state index in [1.807, 2.05) is 0 Å². The highest BCUT2D eigenvalue weighted by atomic mass is 16.5. The van der Waals surface area contributed by atoms with Crippen LogP contribution in [-0.2, 0) is 15.1 Å². The van der Waals surface area contributed by atoms with Crippen LogP contribution in [0.1, 0.15) is 11.1 Å². The molecule has 0 aliphatic heterocycles. The summed E-state index contributed by atoms with van der Waals surface area (Å²) in [5.41, 5.74) is -1.11. The van der Waals surface area contributed by atoms with Gasteiger partial charge in [-0.05, 0) is 35.4 Å². The molecule has 116 valence electrons. The Morgan fingerprint density at radius 2 is 1.18 bits per heavy atom. The fourth-order valence-electron chi connectivity index (χ4n) is 2.21. The molecule has 0 aliphatic rings. The molecule has 0 heterocycles. The first-order chi connectivity index (χ1) is 10.6. The van der Waals surface area contributed by atoms with Gasteiger partial charge >= 0.3 is 5.97 Å². The number of hydrogen-bond donors (Lipinski definition) is 1. The van der Waals surface area contributed by atoms with Crippen molar-refractivity contribution in [3.63, 3.8) is 0 Å². The summed E-state index contributed by atoms with van der Waals surface area (Å²) < 4.78 is 15.0. The second-order valence-corrected chi connectivity index (χ2v) is 4.66. The Morgan fingerprint density at radius 1 is 0.818 bits per heavy atom. The number of rotatable bonds is 5. The zero-order valence-corrected chi connectivity index (χ0v) is 12.7. The van der Waals surface area contributed by atoms with E-state index in [1.165, 1.54) is 7.11 Å². The highest BCUT2D eigenvalue weighted by Crippen LogP contribution is 2.33. The summed E-state index contributed by atoms with van der Waals surface area (Å²) in [5, 5.41) is 11.0. The second-order valence-electron chi connectivity index (χ2n) is 4.66. The van der Waals surface area contributed by atoms with Gasteiger partial charge in [0.05, 0.1) is 21.3 Å². The van der Waals surface area contributed by atoms with Crippen molar-refractivity contribution >= 4 is 5.97 Å². The molecular weight excluding hydrogens is 284 g/mol. The van der Waals surface area contributed by atoms with Gasteiger partial charge in [0, 0.05) is 0 Å². The first-order valence-corrected chi connectivity index (χ1v) is 6.66. The summed E-state index contributed by atoms with van der Waals surface area (Å²) in [5.74, 6) is 0.499. The molecule has 22 heavy (non-hydrogen) atoms. The van der Waals surface area contributed by atoms with E-state index in [2.05, 4.69) is 0 Å². The van der Waals surface area contributed by atoms with Gasteiger partial charge in [0.2, 0.25) is 5.60 Å². The molecule has 0 atom stereocenters. The topological polar surface area (TPSA) is 65.0 Å². The number of carbonyl (C=O) groups is 1. The van der Waals surface area contributed by atoms with Crippen LogP contribution in [0, 0.1) is 0 Å². The molecule has 5 heteroatoms. The fourth-order valence-corrected chi connectivity index (χ4v) is 2.21. The molecule has 0 saturated heterocycles. The van der Waals surface area contributed by atoms with Gasteiger partial charge in [-0.2, -0.15) is 0 Å². The summed E-state index contributed by atoms with van der Waals surface area (Å²) in [7, 11) is 4.33. The minimum absolute atomic E-state index is 0.394. The van der Waals surface area contributed by atoms with Crippen molar-refractivity contribution in [3.8, 4) is 11.5 Å². The number of aliphatic hydroxyl groups is 1. The lowest BCUT2D eigenvalue weighted by atomic mass is 9.86. The van der Waals surface area contributed by atoms with Crippen molar-refractivity contribution in [1.29, 1.82) is 0 Å². The maximum atomic E-state index is 12.2. The summed E-state index contributed by atoms with van der Waals surface area (Å²) >= 11 is 0. The van der Waals surface area contributed by atoms with Crippen LogP contribution in [0.15, 0.2) is 48.5 Å². The standard InChI is InChI=1S/C17H18O5/c1-20-14-8-4-12(5-9-14)17(19,16(18)22-3)13-6-10-15(21-2)11-7-13/h4-11,19H,1-3H3. The maximum absolute atomic E-state index is 12.2. The number of methoxy groups -OCH3 is 3. The minimum Gasteiger partial charge on any atom is -0.497 e. The van der Waals surface area contributed by atoms with Crippen LogP contribution in [0.4, 0.5) is 0 Å². The summed E-state index contributed by atoms with van der Waals surface area (Å²) in [6.07, 6.45) is 0. The Morgan fingerprint density at radius 3 is 1.45 bits per heavy atom. The van der Waals surface area contributed by atoms with Gasteiger partial charge in [0.15, 0.2) is 0 Å². The molecule has 0 unspecified atom stereocenters. The Balaban J connectivity index is 2.52. The van der Waals surface area contributed by atoms with Crippen molar-refractivity contribution in [1.82, 2.24) is 0 Å². The number of benzene rings is 2. The van der Waals surface area contributed by atoms with Crippen LogP contribution < -0.4 is 9.47 Å². The highest BCUT2D eigenvalue weighted by Gasteiger charge is 2.41. The van der Waals surface area contributed by atoms with E-state index < -0.39 is 11.6 Å². The monoisotopic (exact) mass is 302 g/mol. The van der Waals surface area contributed by atoms with Gasteiger partial charge in [-0.15, -0.1) is 0 Å². The van der Waals surface area contributed by atoms with Crippen molar-refractivity contribution < 1.29 is 24.1 Å². The number of ether oxygens (including phenoxy) is 3. The van der Waals surface area contributed by atoms with E-state index in [-0.39, 0.29) is 0 Å². The van der Waals surface area contributed by atoms with Crippen LogP contribution in [0.25, 0.3) is 0 Å². The van der Waals surface area contributed by atoms with Crippen molar-refractivity contribution in [2.24, 2.45) is 0 Å². The lowest BCUT2D eigenvalue weighted by molar-refractivity contribution is -0.158. The smallest absolute Gasteiger partial charge is 0.347 e. The van der Waals surface area contributed by atoms with Crippen molar-refractivity contribution in [2.45, 2.75) is 5.60 Å². The van der Waals surface area contributed by atoms with Crippen LogP contribution in [0.5, 0.6) is 11.5 Å². The summed E-state index contributed by atoms with van der Waals surface area (Å²) in [6, 6.07) is 13.2. The van der Waals surface area contributed by atoms with Gasteiger partial charge in [0.1, 0.15) is 11.5 Å². The first-order valence-electron chi connectivity index (χ1n) is 6.66. The molecule has 5 nitrogen and oxygen atoms in total. The normalized spacial score (nSPS) is 10.9. The Kier molecular flexibility index (Phi) is 4.68. The molecule has 0 fully saturated rings. The van der Waals surface area contributed by atoms with Crippen LogP contribution >= 0.6 is 0 Å². The van der Waals surface area contributed by atoms with Gasteiger partial charge in [0.25, 0.3) is 0 Å². The van der Waals surface area contributed by atoms with Gasteiger partial charge in [-0.3, -0.25) is 0 Å². The third-order valence-electron chi connectivity index (χ3n) is 3.50. The average Bonchev–Trinajstić information content (AvgIpc) is 2.60. The summed E-state index contributed by atoms with van der Waals surface area (Å²) in [4.78, 5) is 12.2. The second kappa shape index (κ2) is 6.49. The molecule has 0 radical (unpaired) electrons.